The molecule has 0 unspecified atom stereocenters. The van der Waals surface area contributed by atoms with Crippen molar-refractivity contribution in [2.45, 2.75) is 56.6 Å². The average molecular weight is 309 g/mol. The van der Waals surface area contributed by atoms with Crippen molar-refractivity contribution in [3.63, 3.8) is 0 Å². The van der Waals surface area contributed by atoms with Crippen LogP contribution in [0.5, 0.6) is 0 Å². The van der Waals surface area contributed by atoms with Crippen LogP contribution in [-0.4, -0.2) is 66.7 Å². The molecule has 3 fully saturated rings. The van der Waals surface area contributed by atoms with Gasteiger partial charge >= 0.3 is 6.03 Å². The Bertz CT molecular complexity index is 430. The SMILES string of the molecule is COC1(CNC(=O)N2CCN(C3CC3)C(=O)C2)CCCCC1. The highest BCUT2D eigenvalue weighted by Crippen LogP contribution is 2.31. The van der Waals surface area contributed by atoms with Crippen LogP contribution in [0.25, 0.3) is 0 Å². The number of hydrogen-bond acceptors (Lipinski definition) is 3. The molecule has 2 saturated carbocycles. The predicted molar refractivity (Wildman–Crippen MR) is 82.5 cm³/mol. The van der Waals surface area contributed by atoms with Gasteiger partial charge in [-0.25, -0.2) is 4.79 Å². The molecule has 6 heteroatoms. The molecule has 1 N–H and O–H groups in total. The monoisotopic (exact) mass is 309 g/mol. The van der Waals surface area contributed by atoms with Crippen molar-refractivity contribution >= 4 is 11.9 Å². The molecule has 0 atom stereocenters. The summed E-state index contributed by atoms with van der Waals surface area (Å²) in [6.45, 7) is 2.06. The van der Waals surface area contributed by atoms with Crippen molar-refractivity contribution in [1.29, 1.82) is 0 Å². The van der Waals surface area contributed by atoms with Crippen LogP contribution in [0, 0.1) is 0 Å². The largest absolute Gasteiger partial charge is 0.376 e. The Hall–Kier alpha value is -1.30. The van der Waals surface area contributed by atoms with Gasteiger partial charge in [0.05, 0.1) is 5.60 Å². The van der Waals surface area contributed by atoms with Gasteiger partial charge in [-0.15, -0.1) is 0 Å². The van der Waals surface area contributed by atoms with E-state index < -0.39 is 0 Å². The fraction of sp³-hybridized carbons (Fsp3) is 0.875. The molecule has 3 aliphatic rings. The Labute approximate surface area is 132 Å². The maximum atomic E-state index is 12.3. The van der Waals surface area contributed by atoms with E-state index in [4.69, 9.17) is 4.74 Å². The standard InChI is InChI=1S/C16H27N3O3/c1-22-16(7-3-2-4-8-16)12-17-15(21)18-9-10-19(13-5-6-13)14(20)11-18/h13H,2-12H2,1H3,(H,17,21). The van der Waals surface area contributed by atoms with Gasteiger partial charge in [-0.2, -0.15) is 0 Å². The third kappa shape index (κ3) is 3.37. The van der Waals surface area contributed by atoms with Gasteiger partial charge < -0.3 is 19.9 Å². The molecule has 2 aliphatic carbocycles. The number of carbonyl (C=O) groups is 2. The Kier molecular flexibility index (Phi) is 4.57. The quantitative estimate of drug-likeness (QED) is 0.853. The number of hydrogen-bond donors (Lipinski definition) is 1. The van der Waals surface area contributed by atoms with Crippen molar-refractivity contribution in [3.8, 4) is 0 Å². The van der Waals surface area contributed by atoms with Gasteiger partial charge in [-0.3, -0.25) is 4.79 Å². The van der Waals surface area contributed by atoms with Gasteiger partial charge in [0.15, 0.2) is 0 Å². The van der Waals surface area contributed by atoms with Crippen molar-refractivity contribution in [2.24, 2.45) is 0 Å². The van der Waals surface area contributed by atoms with E-state index in [1.165, 1.54) is 6.42 Å². The highest BCUT2D eigenvalue weighted by atomic mass is 16.5. The zero-order chi connectivity index (χ0) is 15.6. The molecule has 0 aromatic heterocycles. The smallest absolute Gasteiger partial charge is 0.318 e. The highest BCUT2D eigenvalue weighted by Gasteiger charge is 2.37. The number of methoxy groups -OCH3 is 1. The van der Waals surface area contributed by atoms with Crippen LogP contribution in [-0.2, 0) is 9.53 Å². The summed E-state index contributed by atoms with van der Waals surface area (Å²) in [5, 5.41) is 2.99. The topological polar surface area (TPSA) is 61.9 Å². The first-order chi connectivity index (χ1) is 10.6. The van der Waals surface area contributed by atoms with Crippen LogP contribution in [0.2, 0.25) is 0 Å². The number of carbonyl (C=O) groups excluding carboxylic acids is 2. The lowest BCUT2D eigenvalue weighted by Crippen LogP contribution is -2.57. The molecular weight excluding hydrogens is 282 g/mol. The second-order valence-corrected chi connectivity index (χ2v) is 6.85. The normalized spacial score (nSPS) is 25.2. The van der Waals surface area contributed by atoms with Gasteiger partial charge in [0.25, 0.3) is 0 Å². The zero-order valence-corrected chi connectivity index (χ0v) is 13.5. The summed E-state index contributed by atoms with van der Waals surface area (Å²) in [5.41, 5.74) is -0.215. The van der Waals surface area contributed by atoms with E-state index in [0.29, 0.717) is 25.7 Å². The molecule has 3 amide bonds. The summed E-state index contributed by atoms with van der Waals surface area (Å²) in [4.78, 5) is 28.0. The maximum absolute atomic E-state index is 12.3. The Morgan fingerprint density at radius 1 is 1.27 bits per heavy atom. The molecule has 3 rings (SSSR count). The summed E-state index contributed by atoms with van der Waals surface area (Å²) in [7, 11) is 1.73. The van der Waals surface area contributed by atoms with Gasteiger partial charge in [0.2, 0.25) is 5.91 Å². The summed E-state index contributed by atoms with van der Waals surface area (Å²) >= 11 is 0. The number of piperazine rings is 1. The molecule has 22 heavy (non-hydrogen) atoms. The summed E-state index contributed by atoms with van der Waals surface area (Å²) < 4.78 is 5.69. The van der Waals surface area contributed by atoms with E-state index in [1.54, 1.807) is 12.0 Å². The lowest BCUT2D eigenvalue weighted by Gasteiger charge is -2.38. The van der Waals surface area contributed by atoms with E-state index >= 15 is 0 Å². The van der Waals surface area contributed by atoms with Crippen molar-refractivity contribution in [1.82, 2.24) is 15.1 Å². The van der Waals surface area contributed by atoms with Crippen LogP contribution in [0.1, 0.15) is 44.9 Å². The molecule has 0 radical (unpaired) electrons. The average Bonchev–Trinajstić information content (AvgIpc) is 3.38. The molecule has 1 heterocycles. The first kappa shape index (κ1) is 15.6. The number of amides is 3. The second kappa shape index (κ2) is 6.44. The maximum Gasteiger partial charge on any atom is 0.318 e. The van der Waals surface area contributed by atoms with Gasteiger partial charge in [-0.05, 0) is 25.7 Å². The highest BCUT2D eigenvalue weighted by molar-refractivity contribution is 5.85. The molecule has 0 bridgehead atoms. The lowest BCUT2D eigenvalue weighted by atomic mass is 9.84. The van der Waals surface area contributed by atoms with Crippen LogP contribution in [0.15, 0.2) is 0 Å². The third-order valence-electron chi connectivity index (χ3n) is 5.29. The van der Waals surface area contributed by atoms with Crippen molar-refractivity contribution in [3.05, 3.63) is 0 Å². The molecular formula is C16H27N3O3. The van der Waals surface area contributed by atoms with E-state index in [2.05, 4.69) is 5.32 Å². The Morgan fingerprint density at radius 3 is 2.59 bits per heavy atom. The van der Waals surface area contributed by atoms with Gasteiger partial charge in [-0.1, -0.05) is 19.3 Å². The fourth-order valence-electron chi connectivity index (χ4n) is 3.63. The fourth-order valence-corrected chi connectivity index (χ4v) is 3.63. The van der Waals surface area contributed by atoms with Crippen LogP contribution < -0.4 is 5.32 Å². The number of nitrogens with zero attached hydrogens (tertiary/aromatic N) is 2. The van der Waals surface area contributed by atoms with Gasteiger partial charge in [0.1, 0.15) is 6.54 Å². The number of ether oxygens (including phenoxy) is 1. The molecule has 124 valence electrons. The molecule has 0 spiro atoms. The number of rotatable bonds is 4. The second-order valence-electron chi connectivity index (χ2n) is 6.85. The summed E-state index contributed by atoms with van der Waals surface area (Å²) in [6.07, 6.45) is 7.79. The Balaban J connectivity index is 1.48. The third-order valence-corrected chi connectivity index (χ3v) is 5.29. The minimum absolute atomic E-state index is 0.0861. The van der Waals surface area contributed by atoms with Crippen LogP contribution in [0.3, 0.4) is 0 Å². The van der Waals surface area contributed by atoms with Crippen LogP contribution in [0.4, 0.5) is 4.79 Å². The van der Waals surface area contributed by atoms with E-state index in [0.717, 1.165) is 38.5 Å². The van der Waals surface area contributed by atoms with Gasteiger partial charge in [0, 0.05) is 32.8 Å². The molecule has 1 aliphatic heterocycles. The minimum Gasteiger partial charge on any atom is -0.376 e. The Morgan fingerprint density at radius 2 is 2.00 bits per heavy atom. The molecule has 0 aromatic rings. The minimum atomic E-state index is -0.215. The summed E-state index contributed by atoms with van der Waals surface area (Å²) in [6, 6.07) is 0.308. The molecule has 1 saturated heterocycles. The predicted octanol–water partition coefficient (Wildman–Crippen LogP) is 1.35. The van der Waals surface area contributed by atoms with Crippen molar-refractivity contribution in [2.75, 3.05) is 33.3 Å². The number of urea groups is 1. The number of nitrogens with one attached hydrogen (secondary N) is 1. The van der Waals surface area contributed by atoms with Crippen LogP contribution >= 0.6 is 0 Å². The van der Waals surface area contributed by atoms with Crippen molar-refractivity contribution < 1.29 is 14.3 Å². The van der Waals surface area contributed by atoms with E-state index in [-0.39, 0.29) is 24.1 Å². The lowest BCUT2D eigenvalue weighted by molar-refractivity contribution is -0.135. The zero-order valence-electron chi connectivity index (χ0n) is 13.5. The van der Waals surface area contributed by atoms with E-state index in [9.17, 15) is 9.59 Å². The molecule has 6 nitrogen and oxygen atoms in total. The van der Waals surface area contributed by atoms with E-state index in [1.807, 2.05) is 4.90 Å². The molecule has 0 aromatic carbocycles. The first-order valence-corrected chi connectivity index (χ1v) is 8.51. The summed E-state index contributed by atoms with van der Waals surface area (Å²) in [5.74, 6) is 0.0861. The first-order valence-electron chi connectivity index (χ1n) is 8.51.